The molecule has 0 aliphatic carbocycles. The lowest BCUT2D eigenvalue weighted by molar-refractivity contribution is 0.0571. The Labute approximate surface area is 127 Å². The number of thiophene rings is 1. The van der Waals surface area contributed by atoms with E-state index in [2.05, 4.69) is 0 Å². The topological polar surface area (TPSA) is 66.9 Å². The predicted molar refractivity (Wildman–Crippen MR) is 78.8 cm³/mol. The number of rotatable bonds is 3. The maximum atomic E-state index is 12.3. The Kier molecular flexibility index (Phi) is 4.95. The van der Waals surface area contributed by atoms with Gasteiger partial charge < -0.3 is 14.5 Å². The fraction of sp³-hybridized carbons (Fsp3) is 0.500. The van der Waals surface area contributed by atoms with Gasteiger partial charge in [0.2, 0.25) is 0 Å². The molecule has 1 aliphatic rings. The second kappa shape index (κ2) is 6.71. The summed E-state index contributed by atoms with van der Waals surface area (Å²) in [5, 5.41) is 1.71. The highest BCUT2D eigenvalue weighted by atomic mass is 32.1. The first kappa shape index (κ1) is 15.5. The third kappa shape index (κ3) is 3.60. The van der Waals surface area contributed by atoms with Crippen molar-refractivity contribution < 1.29 is 19.1 Å². The summed E-state index contributed by atoms with van der Waals surface area (Å²) >= 11 is 1.28. The molecule has 1 aromatic rings. The van der Waals surface area contributed by atoms with Crippen molar-refractivity contribution in [2.24, 2.45) is 0 Å². The van der Waals surface area contributed by atoms with Gasteiger partial charge in [-0.1, -0.05) is 0 Å². The second-order valence-corrected chi connectivity index (χ2v) is 5.65. The van der Waals surface area contributed by atoms with Crippen molar-refractivity contribution in [3.05, 3.63) is 21.9 Å². The zero-order valence-electron chi connectivity index (χ0n) is 12.1. The van der Waals surface area contributed by atoms with Crippen molar-refractivity contribution in [1.29, 1.82) is 0 Å². The Morgan fingerprint density at radius 3 is 2.33 bits per heavy atom. The summed E-state index contributed by atoms with van der Waals surface area (Å²) in [6.07, 6.45) is -0.334. The molecule has 0 saturated carbocycles. The van der Waals surface area contributed by atoms with Crippen molar-refractivity contribution >= 4 is 29.1 Å². The molecule has 7 heteroatoms. The maximum Gasteiger partial charge on any atom is 0.409 e. The lowest BCUT2D eigenvalue weighted by Gasteiger charge is -2.33. The number of amides is 2. The molecule has 6 nitrogen and oxygen atoms in total. The summed E-state index contributed by atoms with van der Waals surface area (Å²) in [6.45, 7) is 5.48. The molecule has 0 aromatic carbocycles. The lowest BCUT2D eigenvalue weighted by atomic mass is 10.2. The number of piperazine rings is 1. The molecule has 1 saturated heterocycles. The van der Waals surface area contributed by atoms with Crippen LogP contribution in [0.5, 0.6) is 0 Å². The molecule has 0 bridgehead atoms. The summed E-state index contributed by atoms with van der Waals surface area (Å²) in [5.41, 5.74) is 0.537. The number of ether oxygens (including phenoxy) is 1. The van der Waals surface area contributed by atoms with Gasteiger partial charge in [0.15, 0.2) is 5.78 Å². The summed E-state index contributed by atoms with van der Waals surface area (Å²) in [5.74, 6) is -0.131. The van der Waals surface area contributed by atoms with Crippen molar-refractivity contribution in [3.63, 3.8) is 0 Å². The van der Waals surface area contributed by atoms with E-state index in [-0.39, 0.29) is 17.8 Å². The largest absolute Gasteiger partial charge is 0.450 e. The lowest BCUT2D eigenvalue weighted by Crippen LogP contribution is -2.50. The normalized spacial score (nSPS) is 15.0. The SMILES string of the molecule is CCOC(=O)N1CCN(C(=O)c2csc(C(C)=O)c2)CC1. The number of carbonyl (C=O) groups excluding carboxylic acids is 3. The molecule has 1 fully saturated rings. The van der Waals surface area contributed by atoms with E-state index >= 15 is 0 Å². The van der Waals surface area contributed by atoms with Crippen LogP contribution in [0.4, 0.5) is 4.79 Å². The summed E-state index contributed by atoms with van der Waals surface area (Å²) in [4.78, 5) is 39.1. The van der Waals surface area contributed by atoms with Gasteiger partial charge in [-0.15, -0.1) is 11.3 Å². The van der Waals surface area contributed by atoms with Crippen molar-refractivity contribution in [2.45, 2.75) is 13.8 Å². The molecule has 0 unspecified atom stereocenters. The molecule has 2 rings (SSSR count). The second-order valence-electron chi connectivity index (χ2n) is 4.73. The van der Waals surface area contributed by atoms with Crippen molar-refractivity contribution in [3.8, 4) is 0 Å². The molecule has 21 heavy (non-hydrogen) atoms. The molecular formula is C14H18N2O4S. The molecule has 1 aliphatic heterocycles. The van der Waals surface area contributed by atoms with E-state index in [0.717, 1.165) is 0 Å². The van der Waals surface area contributed by atoms with Crippen LogP contribution in [0.25, 0.3) is 0 Å². The molecule has 114 valence electrons. The number of hydrogen-bond acceptors (Lipinski definition) is 5. The Balaban J connectivity index is 1.93. The van der Waals surface area contributed by atoms with Gasteiger partial charge in [0.05, 0.1) is 17.0 Å². The molecule has 2 amide bonds. The monoisotopic (exact) mass is 310 g/mol. The van der Waals surface area contributed by atoms with Crippen LogP contribution in [0.3, 0.4) is 0 Å². The van der Waals surface area contributed by atoms with E-state index in [4.69, 9.17) is 4.74 Å². The Hall–Kier alpha value is -1.89. The average Bonchev–Trinajstić information content (AvgIpc) is 2.97. The van der Waals surface area contributed by atoms with Gasteiger partial charge in [-0.2, -0.15) is 0 Å². The maximum absolute atomic E-state index is 12.3. The van der Waals surface area contributed by atoms with Gasteiger partial charge in [0.25, 0.3) is 5.91 Å². The molecule has 0 spiro atoms. The molecule has 0 radical (unpaired) electrons. The third-order valence-corrected chi connectivity index (χ3v) is 4.32. The van der Waals surface area contributed by atoms with Crippen LogP contribution in [0, 0.1) is 0 Å². The number of carbonyl (C=O) groups is 3. The fourth-order valence-electron chi connectivity index (χ4n) is 2.12. The Bertz CT molecular complexity index is 547. The van der Waals surface area contributed by atoms with Crippen molar-refractivity contribution in [1.82, 2.24) is 9.80 Å². The number of Topliss-reactive ketones (excluding diaryl/α,β-unsaturated/α-hetero) is 1. The van der Waals surface area contributed by atoms with Crippen LogP contribution < -0.4 is 0 Å². The van der Waals surface area contributed by atoms with Crippen LogP contribution in [-0.4, -0.2) is 60.4 Å². The highest BCUT2D eigenvalue weighted by Crippen LogP contribution is 2.18. The first-order valence-corrected chi connectivity index (χ1v) is 7.71. The van der Waals surface area contributed by atoms with E-state index < -0.39 is 0 Å². The van der Waals surface area contributed by atoms with Gasteiger partial charge in [0, 0.05) is 31.6 Å². The van der Waals surface area contributed by atoms with Gasteiger partial charge in [-0.25, -0.2) is 4.79 Å². The van der Waals surface area contributed by atoms with Crippen molar-refractivity contribution in [2.75, 3.05) is 32.8 Å². The van der Waals surface area contributed by atoms with E-state index in [1.807, 2.05) is 0 Å². The highest BCUT2D eigenvalue weighted by Gasteiger charge is 2.26. The van der Waals surface area contributed by atoms with Crippen LogP contribution >= 0.6 is 11.3 Å². The van der Waals surface area contributed by atoms with Crippen LogP contribution in [0.1, 0.15) is 33.9 Å². The van der Waals surface area contributed by atoms with E-state index in [1.54, 1.807) is 28.2 Å². The molecule has 2 heterocycles. The molecular weight excluding hydrogens is 292 g/mol. The minimum absolute atomic E-state index is 0.0359. The number of ketones is 1. The molecule has 0 atom stereocenters. The molecule has 0 N–H and O–H groups in total. The third-order valence-electron chi connectivity index (χ3n) is 3.29. The Morgan fingerprint density at radius 2 is 1.81 bits per heavy atom. The fourth-order valence-corrected chi connectivity index (χ4v) is 2.91. The quantitative estimate of drug-likeness (QED) is 0.799. The van der Waals surface area contributed by atoms with Crippen LogP contribution in [0.15, 0.2) is 11.4 Å². The molecule has 1 aromatic heterocycles. The Morgan fingerprint density at radius 1 is 1.19 bits per heavy atom. The smallest absolute Gasteiger partial charge is 0.409 e. The number of hydrogen-bond donors (Lipinski definition) is 0. The van der Waals surface area contributed by atoms with E-state index in [1.165, 1.54) is 18.3 Å². The van der Waals surface area contributed by atoms with Gasteiger partial charge in [-0.3, -0.25) is 9.59 Å². The van der Waals surface area contributed by atoms with Gasteiger partial charge in [0.1, 0.15) is 0 Å². The van der Waals surface area contributed by atoms with Crippen LogP contribution in [0.2, 0.25) is 0 Å². The zero-order chi connectivity index (χ0) is 15.4. The van der Waals surface area contributed by atoms with E-state index in [0.29, 0.717) is 43.2 Å². The first-order chi connectivity index (χ1) is 10.0. The highest BCUT2D eigenvalue weighted by molar-refractivity contribution is 7.12. The summed E-state index contributed by atoms with van der Waals surface area (Å²) in [6, 6.07) is 1.63. The van der Waals surface area contributed by atoms with E-state index in [9.17, 15) is 14.4 Å². The summed E-state index contributed by atoms with van der Waals surface area (Å²) < 4.78 is 4.94. The number of nitrogens with zero attached hydrogens (tertiary/aromatic N) is 2. The van der Waals surface area contributed by atoms with Crippen LogP contribution in [-0.2, 0) is 4.74 Å². The van der Waals surface area contributed by atoms with Gasteiger partial charge >= 0.3 is 6.09 Å². The minimum atomic E-state index is -0.334. The summed E-state index contributed by atoms with van der Waals surface area (Å²) in [7, 11) is 0. The average molecular weight is 310 g/mol. The zero-order valence-corrected chi connectivity index (χ0v) is 12.9. The predicted octanol–water partition coefficient (Wildman–Crippen LogP) is 1.87. The standard InChI is InChI=1S/C14H18N2O4S/c1-3-20-14(19)16-6-4-15(5-7-16)13(18)11-8-12(10(2)17)21-9-11/h8-9H,3-7H2,1-2H3. The minimum Gasteiger partial charge on any atom is -0.450 e. The van der Waals surface area contributed by atoms with Gasteiger partial charge in [-0.05, 0) is 19.9 Å². The first-order valence-electron chi connectivity index (χ1n) is 6.83.